The first kappa shape index (κ1) is 21.3. The van der Waals surface area contributed by atoms with Crippen LogP contribution >= 0.6 is 24.0 Å². The Morgan fingerprint density at radius 1 is 1.05 bits per heavy atom. The fourth-order valence-corrected chi connectivity index (χ4v) is 1.71. The molecule has 0 atom stereocenters. The largest absolute Gasteiger partial charge is 0.356 e. The van der Waals surface area contributed by atoms with Gasteiger partial charge in [-0.05, 0) is 39.4 Å². The number of nitrogens with zero attached hydrogens (tertiary/aromatic N) is 2. The van der Waals surface area contributed by atoms with Crippen molar-refractivity contribution in [1.82, 2.24) is 15.5 Å². The molecule has 19 heavy (non-hydrogen) atoms. The first-order valence-electron chi connectivity index (χ1n) is 7.15. The normalized spacial score (nSPS) is 11.6. The number of rotatable bonds is 9. The highest BCUT2D eigenvalue weighted by Crippen LogP contribution is 2.04. The summed E-state index contributed by atoms with van der Waals surface area (Å²) < 4.78 is 0. The first-order valence-corrected chi connectivity index (χ1v) is 7.15. The molecule has 0 aliphatic carbocycles. The van der Waals surface area contributed by atoms with Gasteiger partial charge in [-0.3, -0.25) is 4.99 Å². The van der Waals surface area contributed by atoms with Gasteiger partial charge in [-0.25, -0.2) is 0 Å². The SMILES string of the molecule is CN=C(NCCCCC(C)C)NCCCN(C)C.I. The third-order valence-electron chi connectivity index (χ3n) is 2.80. The molecule has 0 saturated carbocycles. The lowest BCUT2D eigenvalue weighted by molar-refractivity contribution is 0.399. The lowest BCUT2D eigenvalue weighted by Gasteiger charge is -2.13. The van der Waals surface area contributed by atoms with Gasteiger partial charge in [0.1, 0.15) is 0 Å². The van der Waals surface area contributed by atoms with Crippen molar-refractivity contribution in [3.05, 3.63) is 0 Å². The summed E-state index contributed by atoms with van der Waals surface area (Å²) in [6.45, 7) is 7.65. The molecule has 0 saturated heterocycles. The zero-order chi connectivity index (χ0) is 13.8. The fourth-order valence-electron chi connectivity index (χ4n) is 1.71. The summed E-state index contributed by atoms with van der Waals surface area (Å²) in [6, 6.07) is 0. The molecule has 0 bridgehead atoms. The molecule has 0 radical (unpaired) electrons. The minimum atomic E-state index is 0. The molecule has 0 rings (SSSR count). The molecular weight excluding hydrogens is 351 g/mol. The maximum absolute atomic E-state index is 4.22. The van der Waals surface area contributed by atoms with E-state index in [1.54, 1.807) is 0 Å². The van der Waals surface area contributed by atoms with Crippen LogP contribution in [0.3, 0.4) is 0 Å². The van der Waals surface area contributed by atoms with E-state index in [1.807, 2.05) is 7.05 Å². The van der Waals surface area contributed by atoms with E-state index in [0.29, 0.717) is 0 Å². The molecule has 116 valence electrons. The zero-order valence-electron chi connectivity index (χ0n) is 13.3. The predicted molar refractivity (Wildman–Crippen MR) is 96.6 cm³/mol. The van der Waals surface area contributed by atoms with Crippen LogP contribution in [0.2, 0.25) is 0 Å². The lowest BCUT2D eigenvalue weighted by Crippen LogP contribution is -2.38. The summed E-state index contributed by atoms with van der Waals surface area (Å²) in [7, 11) is 6.03. The van der Waals surface area contributed by atoms with Gasteiger partial charge in [0.25, 0.3) is 0 Å². The Balaban J connectivity index is 0. The number of aliphatic imine (C=N–C) groups is 1. The number of guanidine groups is 1. The van der Waals surface area contributed by atoms with Crippen LogP contribution in [0.1, 0.15) is 39.5 Å². The minimum Gasteiger partial charge on any atom is -0.356 e. The minimum absolute atomic E-state index is 0. The van der Waals surface area contributed by atoms with Crippen molar-refractivity contribution in [2.24, 2.45) is 10.9 Å². The Hall–Kier alpha value is -0.0400. The molecule has 5 heteroatoms. The second kappa shape index (κ2) is 14.4. The maximum atomic E-state index is 4.22. The molecule has 0 unspecified atom stereocenters. The first-order chi connectivity index (χ1) is 8.56. The summed E-state index contributed by atoms with van der Waals surface area (Å²) in [5, 5.41) is 6.69. The average Bonchev–Trinajstić information content (AvgIpc) is 2.30. The van der Waals surface area contributed by atoms with Gasteiger partial charge >= 0.3 is 0 Å². The molecule has 0 spiro atoms. The maximum Gasteiger partial charge on any atom is 0.190 e. The molecule has 0 heterocycles. The third-order valence-corrected chi connectivity index (χ3v) is 2.80. The molecule has 0 aliphatic rings. The Morgan fingerprint density at radius 3 is 2.11 bits per heavy atom. The molecule has 0 aromatic heterocycles. The molecule has 2 N–H and O–H groups in total. The highest BCUT2D eigenvalue weighted by Gasteiger charge is 1.98. The number of unbranched alkanes of at least 4 members (excludes halogenated alkanes) is 1. The van der Waals surface area contributed by atoms with Crippen molar-refractivity contribution < 1.29 is 0 Å². The Kier molecular flexibility index (Phi) is 16.1. The molecule has 0 aromatic rings. The second-order valence-corrected chi connectivity index (χ2v) is 5.47. The molecule has 4 nitrogen and oxygen atoms in total. The van der Waals surface area contributed by atoms with E-state index in [1.165, 1.54) is 19.3 Å². The fraction of sp³-hybridized carbons (Fsp3) is 0.929. The standard InChI is InChI=1S/C14H32N4.HI/c1-13(2)9-6-7-10-16-14(15-3)17-11-8-12-18(4)5;/h13H,6-12H2,1-5H3,(H2,15,16,17);1H. The van der Waals surface area contributed by atoms with Crippen molar-refractivity contribution in [2.75, 3.05) is 40.8 Å². The smallest absolute Gasteiger partial charge is 0.190 e. The summed E-state index contributed by atoms with van der Waals surface area (Å²) in [5.74, 6) is 1.74. The van der Waals surface area contributed by atoms with Crippen molar-refractivity contribution in [1.29, 1.82) is 0 Å². The monoisotopic (exact) mass is 384 g/mol. The Bertz CT molecular complexity index is 217. The van der Waals surface area contributed by atoms with Gasteiger partial charge in [0, 0.05) is 20.1 Å². The number of hydrogen-bond acceptors (Lipinski definition) is 2. The highest BCUT2D eigenvalue weighted by molar-refractivity contribution is 14.0. The van der Waals surface area contributed by atoms with Gasteiger partial charge < -0.3 is 15.5 Å². The molecule has 0 aliphatic heterocycles. The Morgan fingerprint density at radius 2 is 1.63 bits per heavy atom. The summed E-state index contributed by atoms with van der Waals surface area (Å²) in [5.41, 5.74) is 0. The van der Waals surface area contributed by atoms with Crippen LogP contribution < -0.4 is 10.6 Å². The lowest BCUT2D eigenvalue weighted by atomic mass is 10.1. The zero-order valence-corrected chi connectivity index (χ0v) is 15.7. The molecule has 0 fully saturated rings. The number of nitrogens with one attached hydrogen (secondary N) is 2. The van der Waals surface area contributed by atoms with Crippen LogP contribution in [0.4, 0.5) is 0 Å². The van der Waals surface area contributed by atoms with E-state index in [0.717, 1.165) is 37.9 Å². The van der Waals surface area contributed by atoms with E-state index in [9.17, 15) is 0 Å². The van der Waals surface area contributed by atoms with Crippen LogP contribution in [0.25, 0.3) is 0 Å². The predicted octanol–water partition coefficient (Wildman–Crippen LogP) is 2.55. The van der Waals surface area contributed by atoms with Crippen LogP contribution in [0, 0.1) is 5.92 Å². The quantitative estimate of drug-likeness (QED) is 0.278. The molecular formula is C14H33IN4. The topological polar surface area (TPSA) is 39.7 Å². The van der Waals surface area contributed by atoms with E-state index in [4.69, 9.17) is 0 Å². The van der Waals surface area contributed by atoms with Crippen LogP contribution in [0.5, 0.6) is 0 Å². The number of halogens is 1. The van der Waals surface area contributed by atoms with Crippen LogP contribution in [-0.2, 0) is 0 Å². The van der Waals surface area contributed by atoms with Crippen LogP contribution in [0.15, 0.2) is 4.99 Å². The summed E-state index contributed by atoms with van der Waals surface area (Å²) in [6.07, 6.45) is 4.97. The highest BCUT2D eigenvalue weighted by atomic mass is 127. The van der Waals surface area contributed by atoms with E-state index in [-0.39, 0.29) is 24.0 Å². The molecule has 0 aromatic carbocycles. The van der Waals surface area contributed by atoms with Gasteiger partial charge in [0.15, 0.2) is 5.96 Å². The Labute approximate surface area is 136 Å². The van der Waals surface area contributed by atoms with Crippen molar-refractivity contribution >= 4 is 29.9 Å². The van der Waals surface area contributed by atoms with Gasteiger partial charge in [-0.2, -0.15) is 0 Å². The average molecular weight is 384 g/mol. The second-order valence-electron chi connectivity index (χ2n) is 5.47. The van der Waals surface area contributed by atoms with E-state index >= 15 is 0 Å². The van der Waals surface area contributed by atoms with Gasteiger partial charge in [0.05, 0.1) is 0 Å². The van der Waals surface area contributed by atoms with Crippen LogP contribution in [-0.4, -0.2) is 51.6 Å². The van der Waals surface area contributed by atoms with Crippen molar-refractivity contribution in [2.45, 2.75) is 39.5 Å². The van der Waals surface area contributed by atoms with E-state index in [2.05, 4.69) is 48.5 Å². The third kappa shape index (κ3) is 15.9. The van der Waals surface area contributed by atoms with Gasteiger partial charge in [0.2, 0.25) is 0 Å². The van der Waals surface area contributed by atoms with Crippen molar-refractivity contribution in [3.8, 4) is 0 Å². The van der Waals surface area contributed by atoms with Crippen molar-refractivity contribution in [3.63, 3.8) is 0 Å². The summed E-state index contributed by atoms with van der Waals surface area (Å²) >= 11 is 0. The number of hydrogen-bond donors (Lipinski definition) is 2. The van der Waals surface area contributed by atoms with E-state index < -0.39 is 0 Å². The summed E-state index contributed by atoms with van der Waals surface area (Å²) in [4.78, 5) is 6.42. The van der Waals surface area contributed by atoms with Gasteiger partial charge in [-0.15, -0.1) is 24.0 Å². The van der Waals surface area contributed by atoms with Gasteiger partial charge in [-0.1, -0.05) is 26.7 Å². The molecule has 0 amide bonds.